The number of nitrogens with zero attached hydrogens (tertiary/aromatic N) is 4. The predicted molar refractivity (Wildman–Crippen MR) is 102 cm³/mol. The van der Waals surface area contributed by atoms with E-state index < -0.39 is 0 Å². The van der Waals surface area contributed by atoms with Gasteiger partial charge in [0.2, 0.25) is 5.88 Å². The molecule has 26 heavy (non-hydrogen) atoms. The van der Waals surface area contributed by atoms with E-state index in [2.05, 4.69) is 50.0 Å². The molecule has 2 aliphatic carbocycles. The Kier molecular flexibility index (Phi) is 4.76. The number of likely N-dealkylation sites (tertiary alicyclic amines) is 1. The van der Waals surface area contributed by atoms with E-state index in [4.69, 9.17) is 11.2 Å². The molecule has 0 atom stereocenters. The standard InChI is InChI=1S/C15H16N4O.C6H4/c1-2-12-15(20-11-10-19-8-3-4-9-19)18-13-6-5-7-16-14(13)17-12;1-2-5-4-6(5)3-1/h1,5-7H,3-4,8-11H2;1-4H. The first-order valence-electron chi connectivity index (χ1n) is 8.88. The van der Waals surface area contributed by atoms with Crippen LogP contribution < -0.4 is 4.74 Å². The number of terminal acetylenes is 1. The molecule has 0 unspecified atom stereocenters. The monoisotopic (exact) mass is 344 g/mol. The van der Waals surface area contributed by atoms with Crippen LogP contribution in [0.1, 0.15) is 18.5 Å². The van der Waals surface area contributed by atoms with Crippen LogP contribution in [0.3, 0.4) is 0 Å². The van der Waals surface area contributed by atoms with E-state index in [1.54, 1.807) is 6.20 Å². The number of pyridine rings is 1. The van der Waals surface area contributed by atoms with Gasteiger partial charge in [0.1, 0.15) is 12.1 Å². The highest BCUT2D eigenvalue weighted by Crippen LogP contribution is 2.32. The summed E-state index contributed by atoms with van der Waals surface area (Å²) in [5.41, 5.74) is 4.51. The zero-order chi connectivity index (χ0) is 17.8. The van der Waals surface area contributed by atoms with Gasteiger partial charge in [0, 0.05) is 12.7 Å². The lowest BCUT2D eigenvalue weighted by Gasteiger charge is -2.14. The number of hydrogen-bond acceptors (Lipinski definition) is 5. The third-order valence-corrected chi connectivity index (χ3v) is 4.50. The van der Waals surface area contributed by atoms with Crippen LogP contribution in [0, 0.1) is 12.3 Å². The SMILES string of the molecule is C#Cc1nc2ncccc2nc1OCCN1CCCC1.c1cc2cc-2c1. The van der Waals surface area contributed by atoms with E-state index in [1.807, 2.05) is 12.1 Å². The first-order valence-corrected chi connectivity index (χ1v) is 8.88. The highest BCUT2D eigenvalue weighted by Gasteiger charge is 2.13. The summed E-state index contributed by atoms with van der Waals surface area (Å²) < 4.78 is 5.71. The van der Waals surface area contributed by atoms with E-state index in [9.17, 15) is 0 Å². The first-order chi connectivity index (χ1) is 12.8. The van der Waals surface area contributed by atoms with Crippen molar-refractivity contribution in [2.24, 2.45) is 0 Å². The van der Waals surface area contributed by atoms with Gasteiger partial charge in [-0.3, -0.25) is 4.90 Å². The molecule has 3 aliphatic rings. The Bertz CT molecular complexity index is 940. The summed E-state index contributed by atoms with van der Waals surface area (Å²) in [5, 5.41) is 0. The number of ether oxygens (including phenoxy) is 1. The number of benzene rings is 1. The minimum Gasteiger partial charge on any atom is -0.474 e. The molecule has 1 fully saturated rings. The zero-order valence-corrected chi connectivity index (χ0v) is 14.6. The van der Waals surface area contributed by atoms with Crippen molar-refractivity contribution in [1.29, 1.82) is 0 Å². The molecule has 1 aliphatic heterocycles. The Morgan fingerprint density at radius 2 is 1.88 bits per heavy atom. The fraction of sp³-hybridized carbons (Fsp3) is 0.286. The number of hydrogen-bond donors (Lipinski definition) is 0. The van der Waals surface area contributed by atoms with Gasteiger partial charge < -0.3 is 4.74 Å². The summed E-state index contributed by atoms with van der Waals surface area (Å²) in [6, 6.07) is 12.2. The molecule has 0 bridgehead atoms. The lowest BCUT2D eigenvalue weighted by molar-refractivity contribution is 0.231. The minimum atomic E-state index is 0.414. The maximum Gasteiger partial charge on any atom is 0.249 e. The van der Waals surface area contributed by atoms with Gasteiger partial charge in [-0.15, -0.1) is 6.42 Å². The Labute approximate surface area is 153 Å². The fourth-order valence-electron chi connectivity index (χ4n) is 3.03. The van der Waals surface area contributed by atoms with E-state index in [0.29, 0.717) is 29.3 Å². The maximum atomic E-state index is 5.71. The summed E-state index contributed by atoms with van der Waals surface area (Å²) in [7, 11) is 0. The molecule has 0 aromatic carbocycles. The van der Waals surface area contributed by atoms with E-state index in [-0.39, 0.29) is 0 Å². The molecule has 5 nitrogen and oxygen atoms in total. The second-order valence-electron chi connectivity index (χ2n) is 6.35. The molecule has 0 radical (unpaired) electrons. The van der Waals surface area contributed by atoms with Crippen molar-refractivity contribution in [3.05, 3.63) is 48.3 Å². The number of aromatic nitrogens is 3. The second kappa shape index (κ2) is 7.51. The van der Waals surface area contributed by atoms with Crippen molar-refractivity contribution in [2.75, 3.05) is 26.2 Å². The smallest absolute Gasteiger partial charge is 0.249 e. The first kappa shape index (κ1) is 16.5. The zero-order valence-electron chi connectivity index (χ0n) is 14.6. The van der Waals surface area contributed by atoms with Crippen molar-refractivity contribution in [3.8, 4) is 29.4 Å². The average Bonchev–Trinajstić information content (AvgIpc) is 3.06. The molecular formula is C21H20N4O. The van der Waals surface area contributed by atoms with Gasteiger partial charge in [0.25, 0.3) is 0 Å². The molecule has 1 saturated heterocycles. The Morgan fingerprint density at radius 1 is 1.08 bits per heavy atom. The summed E-state index contributed by atoms with van der Waals surface area (Å²) in [5.74, 6) is 2.94. The van der Waals surface area contributed by atoms with Crippen LogP contribution in [0.5, 0.6) is 5.88 Å². The van der Waals surface area contributed by atoms with Gasteiger partial charge in [-0.1, -0.05) is 18.2 Å². The Balaban J connectivity index is 0.000000233. The third kappa shape index (κ3) is 3.81. The molecular weight excluding hydrogens is 324 g/mol. The van der Waals surface area contributed by atoms with Crippen molar-refractivity contribution >= 4 is 11.2 Å². The van der Waals surface area contributed by atoms with Crippen molar-refractivity contribution < 1.29 is 4.74 Å². The number of rotatable bonds is 4. The van der Waals surface area contributed by atoms with E-state index in [1.165, 1.54) is 24.0 Å². The van der Waals surface area contributed by atoms with Crippen LogP contribution in [0.15, 0.2) is 42.6 Å². The van der Waals surface area contributed by atoms with Gasteiger partial charge >= 0.3 is 0 Å². The summed E-state index contributed by atoms with van der Waals surface area (Å²) in [4.78, 5) is 15.2. The lowest BCUT2D eigenvalue weighted by atomic mass is 10.4. The molecule has 130 valence electrons. The summed E-state index contributed by atoms with van der Waals surface area (Å²) in [6.07, 6.45) is 9.69. The normalized spacial score (nSPS) is 14.4. The van der Waals surface area contributed by atoms with Gasteiger partial charge in [-0.25, -0.2) is 15.0 Å². The van der Waals surface area contributed by atoms with Crippen LogP contribution in [-0.4, -0.2) is 46.1 Å². The molecule has 0 saturated carbocycles. The van der Waals surface area contributed by atoms with Crippen molar-refractivity contribution in [1.82, 2.24) is 19.9 Å². The fourth-order valence-corrected chi connectivity index (χ4v) is 3.03. The van der Waals surface area contributed by atoms with E-state index >= 15 is 0 Å². The largest absolute Gasteiger partial charge is 0.474 e. The average molecular weight is 344 g/mol. The number of fused-ring (bicyclic) bond motifs is 2. The molecule has 5 rings (SSSR count). The van der Waals surface area contributed by atoms with Crippen LogP contribution >= 0.6 is 0 Å². The third-order valence-electron chi connectivity index (χ3n) is 4.50. The maximum absolute atomic E-state index is 5.71. The lowest BCUT2D eigenvalue weighted by Crippen LogP contribution is -2.25. The van der Waals surface area contributed by atoms with E-state index in [0.717, 1.165) is 19.6 Å². The van der Waals surface area contributed by atoms with Crippen LogP contribution in [0.25, 0.3) is 22.3 Å². The Morgan fingerprint density at radius 3 is 2.54 bits per heavy atom. The van der Waals surface area contributed by atoms with Crippen LogP contribution in [-0.2, 0) is 0 Å². The molecule has 2 aromatic rings. The highest BCUT2D eigenvalue weighted by molar-refractivity contribution is 5.80. The van der Waals surface area contributed by atoms with Gasteiger partial charge in [0.15, 0.2) is 11.3 Å². The Hall–Kier alpha value is -2.97. The second-order valence-corrected chi connectivity index (χ2v) is 6.35. The molecule has 2 aromatic heterocycles. The molecule has 0 N–H and O–H groups in total. The molecule has 5 heteroatoms. The van der Waals surface area contributed by atoms with Crippen LogP contribution in [0.2, 0.25) is 0 Å². The van der Waals surface area contributed by atoms with Crippen molar-refractivity contribution in [3.63, 3.8) is 0 Å². The summed E-state index contributed by atoms with van der Waals surface area (Å²) >= 11 is 0. The predicted octanol–water partition coefficient (Wildman–Crippen LogP) is 3.15. The molecule has 3 heterocycles. The van der Waals surface area contributed by atoms with Crippen LogP contribution in [0.4, 0.5) is 0 Å². The van der Waals surface area contributed by atoms with Gasteiger partial charge in [0.05, 0.1) is 0 Å². The minimum absolute atomic E-state index is 0.414. The topological polar surface area (TPSA) is 51.1 Å². The van der Waals surface area contributed by atoms with Crippen molar-refractivity contribution in [2.45, 2.75) is 12.8 Å². The molecule has 0 amide bonds. The summed E-state index contributed by atoms with van der Waals surface area (Å²) in [6.45, 7) is 3.78. The van der Waals surface area contributed by atoms with Gasteiger partial charge in [-0.05, 0) is 61.2 Å². The molecule has 0 spiro atoms. The van der Waals surface area contributed by atoms with Gasteiger partial charge in [-0.2, -0.15) is 0 Å². The highest BCUT2D eigenvalue weighted by atomic mass is 16.5. The quantitative estimate of drug-likeness (QED) is 0.532.